The molecule has 0 spiro atoms. The molecule has 1 aliphatic rings. The second kappa shape index (κ2) is 8.76. The lowest BCUT2D eigenvalue weighted by atomic mass is 9.97. The number of halogens is 2. The van der Waals surface area contributed by atoms with Gasteiger partial charge in [-0.25, -0.2) is 4.39 Å². The lowest BCUT2D eigenvalue weighted by molar-refractivity contribution is -0.676. The highest BCUT2D eigenvalue weighted by Crippen LogP contribution is 2.26. The maximum atomic E-state index is 13.2. The normalized spacial score (nSPS) is 15.3. The molecule has 1 amide bonds. The van der Waals surface area contributed by atoms with Crippen LogP contribution in [-0.4, -0.2) is 22.2 Å². The summed E-state index contributed by atoms with van der Waals surface area (Å²) >= 11 is 0. The second-order valence-electron chi connectivity index (χ2n) is 7.45. The number of aryl methyl sites for hydroxylation is 1. The maximum absolute atomic E-state index is 13.2. The van der Waals surface area contributed by atoms with E-state index in [1.165, 1.54) is 12.1 Å². The summed E-state index contributed by atoms with van der Waals surface area (Å²) in [4.78, 5) is 13.0. The summed E-state index contributed by atoms with van der Waals surface area (Å²) in [5, 5.41) is 9.85. The number of fused-ring (bicyclic) bond motifs is 1. The average Bonchev–Trinajstić information content (AvgIpc) is 3.03. The molecule has 3 aromatic rings. The molecule has 0 saturated heterocycles. The van der Waals surface area contributed by atoms with Crippen molar-refractivity contribution in [1.29, 1.82) is 0 Å². The molecule has 7 heteroatoms. The van der Waals surface area contributed by atoms with Gasteiger partial charge in [0.1, 0.15) is 12.4 Å². The summed E-state index contributed by atoms with van der Waals surface area (Å²) in [6, 6.07) is 14.2. The summed E-state index contributed by atoms with van der Waals surface area (Å²) in [5.41, 5.74) is 5.37. The first-order valence-corrected chi connectivity index (χ1v) is 9.55. The number of nitrogens with two attached hydrogens (primary N) is 1. The Morgan fingerprint density at radius 2 is 2.03 bits per heavy atom. The van der Waals surface area contributed by atoms with Crippen LogP contribution in [-0.2, 0) is 13.1 Å². The summed E-state index contributed by atoms with van der Waals surface area (Å²) < 4.78 is 15.1. The Labute approximate surface area is 175 Å². The van der Waals surface area contributed by atoms with E-state index in [4.69, 9.17) is 0 Å². The van der Waals surface area contributed by atoms with Crippen LogP contribution in [0.15, 0.2) is 48.5 Å². The van der Waals surface area contributed by atoms with Gasteiger partial charge >= 0.3 is 0 Å². The number of benzene rings is 2. The zero-order chi connectivity index (χ0) is 19.7. The Balaban J connectivity index is 0.00000240. The molecule has 0 aliphatic carbocycles. The number of aromatic nitrogens is 2. The van der Waals surface area contributed by atoms with E-state index in [1.54, 1.807) is 12.1 Å². The van der Waals surface area contributed by atoms with Crippen LogP contribution in [0.2, 0.25) is 0 Å². The third-order valence-corrected chi connectivity index (χ3v) is 5.17. The molecule has 1 aliphatic heterocycles. The lowest BCUT2D eigenvalue weighted by Gasteiger charge is -2.19. The molecule has 3 N–H and O–H groups in total. The number of carbonyl (C=O) groups is 1. The van der Waals surface area contributed by atoms with Crippen LogP contribution in [0, 0.1) is 12.7 Å². The third kappa shape index (κ3) is 4.49. The number of anilines is 1. The van der Waals surface area contributed by atoms with Crippen molar-refractivity contribution in [2.24, 2.45) is 0 Å². The first-order chi connectivity index (χ1) is 13.5. The van der Waals surface area contributed by atoms with E-state index in [1.807, 2.05) is 35.9 Å². The van der Waals surface area contributed by atoms with Crippen LogP contribution in [0.3, 0.4) is 0 Å². The summed E-state index contributed by atoms with van der Waals surface area (Å²) in [5.74, 6) is -0.160. The number of nitrogens with zero attached hydrogens (tertiary/aromatic N) is 2. The van der Waals surface area contributed by atoms with Gasteiger partial charge < -0.3 is 23.0 Å². The van der Waals surface area contributed by atoms with Gasteiger partial charge in [-0.3, -0.25) is 9.48 Å². The van der Waals surface area contributed by atoms with Crippen LogP contribution in [0.1, 0.15) is 45.7 Å². The van der Waals surface area contributed by atoms with Crippen molar-refractivity contribution in [2.45, 2.75) is 32.9 Å². The average molecular weight is 415 g/mol. The van der Waals surface area contributed by atoms with Gasteiger partial charge in [0.05, 0.1) is 24.3 Å². The van der Waals surface area contributed by atoms with Gasteiger partial charge in [-0.05, 0) is 42.3 Å². The fourth-order valence-electron chi connectivity index (χ4n) is 3.83. The van der Waals surface area contributed by atoms with E-state index < -0.39 is 0 Å². The van der Waals surface area contributed by atoms with Crippen molar-refractivity contribution < 1.29 is 26.9 Å². The molecule has 2 aromatic carbocycles. The molecule has 1 unspecified atom stereocenters. The Kier molecular flexibility index (Phi) is 6.35. The highest BCUT2D eigenvalue weighted by molar-refractivity contribution is 6.04. The molecule has 5 nitrogen and oxygen atoms in total. The zero-order valence-corrected chi connectivity index (χ0v) is 17.2. The maximum Gasteiger partial charge on any atom is 0.276 e. The molecule has 152 valence electrons. The molecule has 0 radical (unpaired) electrons. The van der Waals surface area contributed by atoms with E-state index in [0.29, 0.717) is 12.2 Å². The standard InChI is InChI=1S/C22H23FN4O.ClH/c1-14-4-3-5-18(10-14)25-22(28)20-19-12-24-11-15(2)21(19)27(26-20)13-16-6-8-17(23)9-7-16;/h3-10,15,24H,11-13H2,1-2H3,(H,25,28);1H. The highest BCUT2D eigenvalue weighted by atomic mass is 35.5. The van der Waals surface area contributed by atoms with Gasteiger partial charge in [-0.2, -0.15) is 5.10 Å². The second-order valence-corrected chi connectivity index (χ2v) is 7.45. The molecule has 0 saturated carbocycles. The van der Waals surface area contributed by atoms with Crippen molar-refractivity contribution in [3.8, 4) is 0 Å². The number of hydrogen-bond acceptors (Lipinski definition) is 2. The first-order valence-electron chi connectivity index (χ1n) is 9.55. The highest BCUT2D eigenvalue weighted by Gasteiger charge is 2.31. The van der Waals surface area contributed by atoms with E-state index in [9.17, 15) is 9.18 Å². The minimum atomic E-state index is -0.257. The summed E-state index contributed by atoms with van der Waals surface area (Å²) in [6.07, 6.45) is 0. The molecule has 0 fully saturated rings. The molecule has 4 rings (SSSR count). The number of carbonyl (C=O) groups excluding carboxylic acids is 1. The lowest BCUT2D eigenvalue weighted by Crippen LogP contribution is -3.00. The number of rotatable bonds is 4. The molecular weight excluding hydrogens is 391 g/mol. The molecule has 1 aromatic heterocycles. The van der Waals surface area contributed by atoms with Crippen molar-refractivity contribution in [3.05, 3.63) is 82.4 Å². The quantitative estimate of drug-likeness (QED) is 0.622. The van der Waals surface area contributed by atoms with Crippen molar-refractivity contribution in [2.75, 3.05) is 11.9 Å². The summed E-state index contributed by atoms with van der Waals surface area (Å²) in [7, 11) is 0. The number of quaternary nitrogens is 1. The minimum absolute atomic E-state index is 0. The number of hydrogen-bond donors (Lipinski definition) is 2. The van der Waals surface area contributed by atoms with E-state index in [2.05, 4.69) is 22.7 Å². The van der Waals surface area contributed by atoms with Crippen molar-refractivity contribution in [1.82, 2.24) is 9.78 Å². The number of amides is 1. The van der Waals surface area contributed by atoms with Crippen LogP contribution in [0.5, 0.6) is 0 Å². The Morgan fingerprint density at radius 3 is 2.76 bits per heavy atom. The van der Waals surface area contributed by atoms with Crippen molar-refractivity contribution in [3.63, 3.8) is 0 Å². The largest absolute Gasteiger partial charge is 1.00 e. The van der Waals surface area contributed by atoms with Gasteiger partial charge in [0.25, 0.3) is 5.91 Å². The van der Waals surface area contributed by atoms with Crippen LogP contribution < -0.4 is 23.0 Å². The molecule has 0 bridgehead atoms. The predicted octanol–water partition coefficient (Wildman–Crippen LogP) is -0.184. The topological polar surface area (TPSA) is 63.5 Å². The minimum Gasteiger partial charge on any atom is -1.00 e. The van der Waals surface area contributed by atoms with Crippen LogP contribution in [0.4, 0.5) is 10.1 Å². The van der Waals surface area contributed by atoms with Crippen molar-refractivity contribution >= 4 is 11.6 Å². The zero-order valence-electron chi connectivity index (χ0n) is 16.5. The fourth-order valence-corrected chi connectivity index (χ4v) is 3.83. The van der Waals surface area contributed by atoms with Gasteiger partial charge in [0.15, 0.2) is 5.69 Å². The first kappa shape index (κ1) is 21.0. The van der Waals surface area contributed by atoms with E-state index >= 15 is 0 Å². The van der Waals surface area contributed by atoms with E-state index in [0.717, 1.165) is 41.2 Å². The van der Waals surface area contributed by atoms with Gasteiger partial charge in [-0.1, -0.05) is 31.2 Å². The van der Waals surface area contributed by atoms with Crippen LogP contribution in [0.25, 0.3) is 0 Å². The fraction of sp³-hybridized carbons (Fsp3) is 0.273. The Bertz CT molecular complexity index is 1020. The van der Waals surface area contributed by atoms with E-state index in [-0.39, 0.29) is 30.0 Å². The van der Waals surface area contributed by atoms with Gasteiger partial charge in [-0.15, -0.1) is 0 Å². The smallest absolute Gasteiger partial charge is 0.276 e. The Morgan fingerprint density at radius 1 is 1.28 bits per heavy atom. The molecule has 1 atom stereocenters. The molecule has 29 heavy (non-hydrogen) atoms. The van der Waals surface area contributed by atoms with Crippen LogP contribution >= 0.6 is 0 Å². The van der Waals surface area contributed by atoms with Gasteiger partial charge in [0.2, 0.25) is 0 Å². The third-order valence-electron chi connectivity index (χ3n) is 5.17. The molecule has 2 heterocycles. The Hall–Kier alpha value is -2.70. The number of nitrogens with one attached hydrogen (secondary N) is 1. The predicted molar refractivity (Wildman–Crippen MR) is 106 cm³/mol. The summed E-state index contributed by atoms with van der Waals surface area (Å²) in [6.45, 7) is 6.36. The van der Waals surface area contributed by atoms with Gasteiger partial charge in [0, 0.05) is 11.6 Å². The monoisotopic (exact) mass is 414 g/mol. The molecular formula is C22H24ClFN4O. The SMILES string of the molecule is Cc1cccc(NC(=O)c2nn(Cc3ccc(F)cc3)c3c2C[NH2+]CC3C)c1.[Cl-].